The van der Waals surface area contributed by atoms with Crippen molar-refractivity contribution in [2.24, 2.45) is 0 Å². The van der Waals surface area contributed by atoms with E-state index >= 15 is 0 Å². The molecule has 5 heteroatoms. The van der Waals surface area contributed by atoms with Crippen molar-refractivity contribution in [2.45, 2.75) is 46.1 Å². The molecule has 166 valence electrons. The zero-order valence-corrected chi connectivity index (χ0v) is 19.5. The SMILES string of the molecule is Cc1cc2oc3c(c(=O)c2cc1C)C(c1ccc(C(C)(C)C)cc1)N(c1ccccn1)C3=O. The number of rotatable bonds is 2. The molecule has 4 aromatic rings. The first-order valence-electron chi connectivity index (χ1n) is 11.1. The Morgan fingerprint density at radius 3 is 2.27 bits per heavy atom. The minimum Gasteiger partial charge on any atom is -0.450 e. The fraction of sp³-hybridized carbons (Fsp3) is 0.250. The van der Waals surface area contributed by atoms with Gasteiger partial charge in [0.2, 0.25) is 5.76 Å². The second-order valence-corrected chi connectivity index (χ2v) is 9.74. The molecule has 2 aromatic heterocycles. The Labute approximate surface area is 192 Å². The molecule has 0 N–H and O–H groups in total. The van der Waals surface area contributed by atoms with E-state index in [4.69, 9.17) is 4.42 Å². The standard InChI is InChI=1S/C28H26N2O3/c1-16-14-20-21(15-17(16)2)33-26-23(25(20)31)24(18-9-11-19(12-10-18)28(3,4)5)30(27(26)32)22-8-6-7-13-29-22/h6-15,24H,1-5H3. The quantitative estimate of drug-likeness (QED) is 0.394. The van der Waals surface area contributed by atoms with Crippen LogP contribution >= 0.6 is 0 Å². The Balaban J connectivity index is 1.78. The Morgan fingerprint density at radius 1 is 0.939 bits per heavy atom. The van der Waals surface area contributed by atoms with E-state index in [1.165, 1.54) is 5.56 Å². The molecule has 1 atom stereocenters. The monoisotopic (exact) mass is 438 g/mol. The Bertz CT molecular complexity index is 1450. The fourth-order valence-corrected chi connectivity index (χ4v) is 4.44. The van der Waals surface area contributed by atoms with E-state index in [0.29, 0.717) is 22.4 Å². The summed E-state index contributed by atoms with van der Waals surface area (Å²) in [4.78, 5) is 33.4. The second kappa shape index (κ2) is 7.41. The number of aromatic nitrogens is 1. The number of fused-ring (bicyclic) bond motifs is 2. The van der Waals surface area contributed by atoms with Crippen LogP contribution in [0.15, 0.2) is 70.0 Å². The van der Waals surface area contributed by atoms with Crippen LogP contribution < -0.4 is 10.3 Å². The van der Waals surface area contributed by atoms with Gasteiger partial charge in [0.15, 0.2) is 5.43 Å². The number of carbonyl (C=O) groups is 1. The van der Waals surface area contributed by atoms with E-state index < -0.39 is 6.04 Å². The van der Waals surface area contributed by atoms with Crippen LogP contribution in [0, 0.1) is 13.8 Å². The summed E-state index contributed by atoms with van der Waals surface area (Å²) < 4.78 is 6.10. The van der Waals surface area contributed by atoms with E-state index in [2.05, 4.69) is 37.9 Å². The minimum atomic E-state index is -0.612. The van der Waals surface area contributed by atoms with Gasteiger partial charge in [0.25, 0.3) is 5.91 Å². The van der Waals surface area contributed by atoms with Crippen molar-refractivity contribution in [1.82, 2.24) is 4.98 Å². The molecule has 1 unspecified atom stereocenters. The second-order valence-electron chi connectivity index (χ2n) is 9.74. The molecule has 0 aliphatic carbocycles. The molecule has 5 rings (SSSR count). The Hall–Kier alpha value is -3.73. The maximum Gasteiger partial charge on any atom is 0.296 e. The molecule has 1 aliphatic rings. The Morgan fingerprint density at radius 2 is 1.64 bits per heavy atom. The molecule has 5 nitrogen and oxygen atoms in total. The van der Waals surface area contributed by atoms with Gasteiger partial charge in [-0.1, -0.05) is 51.1 Å². The van der Waals surface area contributed by atoms with Gasteiger partial charge in [-0.25, -0.2) is 4.98 Å². The van der Waals surface area contributed by atoms with Crippen molar-refractivity contribution in [3.63, 3.8) is 0 Å². The number of carbonyl (C=O) groups excluding carboxylic acids is 1. The van der Waals surface area contributed by atoms with E-state index in [1.807, 2.05) is 44.2 Å². The molecule has 0 spiro atoms. The van der Waals surface area contributed by atoms with Crippen LogP contribution in [0.2, 0.25) is 0 Å². The van der Waals surface area contributed by atoms with Crippen LogP contribution in [0.5, 0.6) is 0 Å². The molecule has 0 bridgehead atoms. The molecule has 0 saturated heterocycles. The van der Waals surface area contributed by atoms with Crippen molar-refractivity contribution in [2.75, 3.05) is 4.90 Å². The number of hydrogen-bond acceptors (Lipinski definition) is 4. The fourth-order valence-electron chi connectivity index (χ4n) is 4.44. The lowest BCUT2D eigenvalue weighted by Gasteiger charge is -2.25. The van der Waals surface area contributed by atoms with Crippen molar-refractivity contribution in [3.05, 3.63) is 105 Å². The highest BCUT2D eigenvalue weighted by Gasteiger charge is 2.44. The van der Waals surface area contributed by atoms with Crippen LogP contribution in [-0.2, 0) is 5.41 Å². The lowest BCUT2D eigenvalue weighted by molar-refractivity contribution is 0.0970. The predicted molar refractivity (Wildman–Crippen MR) is 130 cm³/mol. The van der Waals surface area contributed by atoms with Crippen molar-refractivity contribution >= 4 is 22.7 Å². The average Bonchev–Trinajstić information content (AvgIpc) is 3.08. The summed E-state index contributed by atoms with van der Waals surface area (Å²) in [5.74, 6) is 0.215. The van der Waals surface area contributed by atoms with E-state index in [1.54, 1.807) is 23.2 Å². The van der Waals surface area contributed by atoms with Crippen molar-refractivity contribution < 1.29 is 9.21 Å². The van der Waals surface area contributed by atoms with Crippen molar-refractivity contribution in [1.29, 1.82) is 0 Å². The molecule has 33 heavy (non-hydrogen) atoms. The number of pyridine rings is 1. The molecule has 0 fully saturated rings. The van der Waals surface area contributed by atoms with Crippen LogP contribution in [0.25, 0.3) is 11.0 Å². The number of hydrogen-bond donors (Lipinski definition) is 0. The topological polar surface area (TPSA) is 63.4 Å². The zero-order chi connectivity index (χ0) is 23.5. The summed E-state index contributed by atoms with van der Waals surface area (Å²) in [7, 11) is 0. The van der Waals surface area contributed by atoms with Gasteiger partial charge >= 0.3 is 0 Å². The third kappa shape index (κ3) is 3.35. The minimum absolute atomic E-state index is 0.00672. The Kier molecular flexibility index (Phi) is 4.74. The normalized spacial score (nSPS) is 15.8. The zero-order valence-electron chi connectivity index (χ0n) is 19.5. The van der Waals surface area contributed by atoms with Gasteiger partial charge in [-0.05, 0) is 65.8 Å². The summed E-state index contributed by atoms with van der Waals surface area (Å²) in [5, 5.41) is 0.490. The summed E-state index contributed by atoms with van der Waals surface area (Å²) in [5.41, 5.74) is 4.65. The highest BCUT2D eigenvalue weighted by atomic mass is 16.3. The smallest absolute Gasteiger partial charge is 0.296 e. The van der Waals surface area contributed by atoms with Crippen LogP contribution in [0.4, 0.5) is 5.82 Å². The maximum atomic E-state index is 13.8. The third-order valence-corrected chi connectivity index (χ3v) is 6.48. The third-order valence-electron chi connectivity index (χ3n) is 6.48. The van der Waals surface area contributed by atoms with Gasteiger partial charge < -0.3 is 4.42 Å². The molecular weight excluding hydrogens is 412 g/mol. The average molecular weight is 439 g/mol. The number of anilines is 1. The summed E-state index contributed by atoms with van der Waals surface area (Å²) >= 11 is 0. The molecule has 3 heterocycles. The lowest BCUT2D eigenvalue weighted by Crippen LogP contribution is -2.30. The van der Waals surface area contributed by atoms with Gasteiger partial charge in [-0.3, -0.25) is 14.5 Å². The van der Waals surface area contributed by atoms with E-state index in [-0.39, 0.29) is 22.5 Å². The molecule has 0 saturated carbocycles. The van der Waals surface area contributed by atoms with Gasteiger partial charge in [0.05, 0.1) is 17.0 Å². The molecule has 1 aliphatic heterocycles. The molecule has 2 aromatic carbocycles. The molecule has 1 amide bonds. The lowest BCUT2D eigenvalue weighted by atomic mass is 9.86. The highest BCUT2D eigenvalue weighted by Crippen LogP contribution is 2.41. The van der Waals surface area contributed by atoms with E-state index in [0.717, 1.165) is 16.7 Å². The van der Waals surface area contributed by atoms with Gasteiger partial charge in [0.1, 0.15) is 11.4 Å². The highest BCUT2D eigenvalue weighted by molar-refractivity contribution is 6.10. The van der Waals surface area contributed by atoms with Gasteiger partial charge in [-0.2, -0.15) is 0 Å². The first-order valence-corrected chi connectivity index (χ1v) is 11.1. The van der Waals surface area contributed by atoms with Crippen LogP contribution in [0.1, 0.15) is 65.2 Å². The van der Waals surface area contributed by atoms with Crippen LogP contribution in [-0.4, -0.2) is 10.9 Å². The number of nitrogens with zero attached hydrogens (tertiary/aromatic N) is 2. The number of benzene rings is 2. The summed E-state index contributed by atoms with van der Waals surface area (Å²) in [6.45, 7) is 10.4. The first kappa shape index (κ1) is 21.1. The van der Waals surface area contributed by atoms with E-state index in [9.17, 15) is 9.59 Å². The van der Waals surface area contributed by atoms with Gasteiger partial charge in [0, 0.05) is 6.20 Å². The first-order chi connectivity index (χ1) is 15.7. The van der Waals surface area contributed by atoms with Crippen molar-refractivity contribution in [3.8, 4) is 0 Å². The molecular formula is C28H26N2O3. The molecule has 0 radical (unpaired) electrons. The number of aryl methyl sites for hydroxylation is 2. The van der Waals surface area contributed by atoms with Gasteiger partial charge in [-0.15, -0.1) is 0 Å². The predicted octanol–water partition coefficient (Wildman–Crippen LogP) is 5.85. The summed E-state index contributed by atoms with van der Waals surface area (Å²) in [6.07, 6.45) is 1.64. The number of amides is 1. The maximum absolute atomic E-state index is 13.8. The van der Waals surface area contributed by atoms with Crippen LogP contribution in [0.3, 0.4) is 0 Å². The summed E-state index contributed by atoms with van der Waals surface area (Å²) in [6, 6.07) is 16.6. The largest absolute Gasteiger partial charge is 0.450 e.